The second-order valence-electron chi connectivity index (χ2n) is 8.79. The second kappa shape index (κ2) is 11.1. The SMILES string of the molecule is CCCCCOc1ccc(C2/C(=C(\O)c3ccc(C)cc3)C(=O)C(=O)N2CCN(C)C)cc1. The van der Waals surface area contributed by atoms with Crippen LogP contribution in [0.2, 0.25) is 0 Å². The standard InChI is InChI=1S/C27H34N2O4/c1-5-6-7-18-33-22-14-12-20(13-15-22)24-23(25(30)21-10-8-19(2)9-11-21)26(31)27(32)29(24)17-16-28(3)4/h8-15,24,30H,5-7,16-18H2,1-4H3/b25-23+. The molecule has 0 bridgehead atoms. The Morgan fingerprint density at radius 1 is 1.03 bits per heavy atom. The number of carbonyl (C=O) groups excluding carboxylic acids is 2. The summed E-state index contributed by atoms with van der Waals surface area (Å²) in [6, 6.07) is 14.1. The number of carbonyl (C=O) groups is 2. The highest BCUT2D eigenvalue weighted by Gasteiger charge is 2.45. The highest BCUT2D eigenvalue weighted by atomic mass is 16.5. The molecule has 1 N–H and O–H groups in total. The Bertz CT molecular complexity index is 994. The Morgan fingerprint density at radius 3 is 2.30 bits per heavy atom. The molecule has 2 aromatic carbocycles. The van der Waals surface area contributed by atoms with E-state index < -0.39 is 17.7 Å². The minimum atomic E-state index is -0.656. The maximum Gasteiger partial charge on any atom is 0.295 e. The van der Waals surface area contributed by atoms with Gasteiger partial charge in [-0.05, 0) is 45.1 Å². The fourth-order valence-corrected chi connectivity index (χ4v) is 3.92. The van der Waals surface area contributed by atoms with E-state index in [1.165, 1.54) is 0 Å². The molecule has 176 valence electrons. The summed E-state index contributed by atoms with van der Waals surface area (Å²) < 4.78 is 5.81. The van der Waals surface area contributed by atoms with Crippen LogP contribution in [0.5, 0.6) is 5.75 Å². The molecule has 3 rings (SSSR count). The van der Waals surface area contributed by atoms with Crippen LogP contribution in [-0.2, 0) is 9.59 Å². The van der Waals surface area contributed by atoms with Crippen LogP contribution >= 0.6 is 0 Å². The van der Waals surface area contributed by atoms with Gasteiger partial charge in [-0.2, -0.15) is 0 Å². The van der Waals surface area contributed by atoms with Gasteiger partial charge in [-0.15, -0.1) is 0 Å². The minimum Gasteiger partial charge on any atom is -0.507 e. The lowest BCUT2D eigenvalue weighted by molar-refractivity contribution is -0.140. The van der Waals surface area contributed by atoms with E-state index in [0.717, 1.165) is 36.1 Å². The number of aliphatic hydroxyl groups excluding tert-OH is 1. The van der Waals surface area contributed by atoms with Gasteiger partial charge in [0.05, 0.1) is 18.2 Å². The Hall–Kier alpha value is -3.12. The van der Waals surface area contributed by atoms with E-state index >= 15 is 0 Å². The first-order valence-corrected chi connectivity index (χ1v) is 11.6. The average Bonchev–Trinajstić information content (AvgIpc) is 3.05. The van der Waals surface area contributed by atoms with Crippen molar-refractivity contribution in [2.75, 3.05) is 33.8 Å². The monoisotopic (exact) mass is 450 g/mol. The molecule has 1 heterocycles. The lowest BCUT2D eigenvalue weighted by atomic mass is 9.95. The van der Waals surface area contributed by atoms with Crippen LogP contribution in [0.3, 0.4) is 0 Å². The predicted octanol–water partition coefficient (Wildman–Crippen LogP) is 4.55. The Morgan fingerprint density at radius 2 is 1.70 bits per heavy atom. The molecule has 1 saturated heterocycles. The van der Waals surface area contributed by atoms with Gasteiger partial charge >= 0.3 is 0 Å². The van der Waals surface area contributed by atoms with E-state index in [1.807, 2.05) is 62.3 Å². The molecule has 1 unspecified atom stereocenters. The van der Waals surface area contributed by atoms with Crippen LogP contribution in [0.15, 0.2) is 54.1 Å². The van der Waals surface area contributed by atoms with Gasteiger partial charge in [0, 0.05) is 18.7 Å². The number of likely N-dealkylation sites (tertiary alicyclic amines) is 1. The van der Waals surface area contributed by atoms with Crippen LogP contribution in [0.1, 0.15) is 48.9 Å². The fraction of sp³-hybridized carbons (Fsp3) is 0.407. The van der Waals surface area contributed by atoms with Crippen molar-refractivity contribution in [3.05, 3.63) is 70.8 Å². The first-order valence-electron chi connectivity index (χ1n) is 11.6. The zero-order chi connectivity index (χ0) is 24.0. The van der Waals surface area contributed by atoms with Crippen molar-refractivity contribution in [3.63, 3.8) is 0 Å². The van der Waals surface area contributed by atoms with Gasteiger partial charge in [0.1, 0.15) is 11.5 Å². The van der Waals surface area contributed by atoms with E-state index in [-0.39, 0.29) is 11.3 Å². The minimum absolute atomic E-state index is 0.124. The zero-order valence-electron chi connectivity index (χ0n) is 20.0. The van der Waals surface area contributed by atoms with Crippen LogP contribution in [0.4, 0.5) is 0 Å². The highest BCUT2D eigenvalue weighted by Crippen LogP contribution is 2.39. The first kappa shape index (κ1) is 24.5. The average molecular weight is 451 g/mol. The molecule has 1 aliphatic rings. The Kier molecular flexibility index (Phi) is 8.28. The number of Topliss-reactive ketones (excluding diaryl/α,β-unsaturated/α-hetero) is 1. The number of aliphatic hydroxyl groups is 1. The van der Waals surface area contributed by atoms with Crippen LogP contribution in [0.25, 0.3) is 5.76 Å². The molecule has 6 heteroatoms. The highest BCUT2D eigenvalue weighted by molar-refractivity contribution is 6.46. The molecular weight excluding hydrogens is 416 g/mol. The summed E-state index contributed by atoms with van der Waals surface area (Å²) in [5.41, 5.74) is 2.46. The number of amides is 1. The second-order valence-corrected chi connectivity index (χ2v) is 8.79. The molecule has 0 spiro atoms. The van der Waals surface area contributed by atoms with Crippen molar-refractivity contribution in [2.24, 2.45) is 0 Å². The smallest absolute Gasteiger partial charge is 0.295 e. The van der Waals surface area contributed by atoms with Gasteiger partial charge in [0.15, 0.2) is 0 Å². The number of likely N-dealkylation sites (N-methyl/N-ethyl adjacent to an activating group) is 1. The van der Waals surface area contributed by atoms with Crippen LogP contribution in [-0.4, -0.2) is 60.4 Å². The van der Waals surface area contributed by atoms with Crippen LogP contribution < -0.4 is 4.74 Å². The number of aryl methyl sites for hydroxylation is 1. The normalized spacial score (nSPS) is 17.7. The van der Waals surface area contributed by atoms with Gasteiger partial charge in [-0.25, -0.2) is 0 Å². The summed E-state index contributed by atoms with van der Waals surface area (Å²) in [7, 11) is 3.84. The van der Waals surface area contributed by atoms with Crippen LogP contribution in [0, 0.1) is 6.92 Å². The number of rotatable bonds is 10. The third-order valence-corrected chi connectivity index (χ3v) is 5.87. The predicted molar refractivity (Wildman–Crippen MR) is 130 cm³/mol. The number of unbranched alkanes of at least 4 members (excludes halogenated alkanes) is 2. The van der Waals surface area contributed by atoms with Crippen molar-refractivity contribution in [3.8, 4) is 5.75 Å². The van der Waals surface area contributed by atoms with E-state index in [1.54, 1.807) is 17.0 Å². The lowest BCUT2D eigenvalue weighted by Gasteiger charge is -2.26. The van der Waals surface area contributed by atoms with Crippen molar-refractivity contribution in [1.82, 2.24) is 9.80 Å². The molecule has 1 amide bonds. The van der Waals surface area contributed by atoms with E-state index in [2.05, 4.69) is 6.92 Å². The number of ether oxygens (including phenoxy) is 1. The van der Waals surface area contributed by atoms with Gasteiger partial charge in [0.2, 0.25) is 0 Å². The summed E-state index contributed by atoms with van der Waals surface area (Å²) in [5, 5.41) is 11.1. The number of ketones is 1. The first-order chi connectivity index (χ1) is 15.8. The van der Waals surface area contributed by atoms with Crippen molar-refractivity contribution in [2.45, 2.75) is 39.2 Å². The molecule has 1 atom stereocenters. The number of hydrogen-bond donors (Lipinski definition) is 1. The van der Waals surface area contributed by atoms with Gasteiger partial charge in [-0.3, -0.25) is 9.59 Å². The van der Waals surface area contributed by atoms with Gasteiger partial charge in [-0.1, -0.05) is 61.7 Å². The molecule has 33 heavy (non-hydrogen) atoms. The van der Waals surface area contributed by atoms with Gasteiger partial charge < -0.3 is 19.6 Å². The van der Waals surface area contributed by atoms with Gasteiger partial charge in [0.25, 0.3) is 11.7 Å². The number of nitrogens with zero attached hydrogens (tertiary/aromatic N) is 2. The molecule has 1 aliphatic heterocycles. The maximum atomic E-state index is 13.0. The molecule has 6 nitrogen and oxygen atoms in total. The Balaban J connectivity index is 1.97. The largest absolute Gasteiger partial charge is 0.507 e. The summed E-state index contributed by atoms with van der Waals surface area (Å²) >= 11 is 0. The van der Waals surface area contributed by atoms with E-state index in [9.17, 15) is 14.7 Å². The number of hydrogen-bond acceptors (Lipinski definition) is 5. The topological polar surface area (TPSA) is 70.1 Å². The molecule has 1 fully saturated rings. The zero-order valence-corrected chi connectivity index (χ0v) is 20.0. The van der Waals surface area contributed by atoms with Crippen molar-refractivity contribution < 1.29 is 19.4 Å². The summed E-state index contributed by atoms with van der Waals surface area (Å²) in [5.74, 6) is -0.642. The molecule has 0 radical (unpaired) electrons. The summed E-state index contributed by atoms with van der Waals surface area (Å²) in [6.45, 7) is 5.74. The quantitative estimate of drug-likeness (QED) is 0.249. The fourth-order valence-electron chi connectivity index (χ4n) is 3.92. The Labute approximate surface area is 196 Å². The lowest BCUT2D eigenvalue weighted by Crippen LogP contribution is -2.35. The summed E-state index contributed by atoms with van der Waals surface area (Å²) in [4.78, 5) is 29.5. The van der Waals surface area contributed by atoms with E-state index in [4.69, 9.17) is 4.74 Å². The van der Waals surface area contributed by atoms with Crippen molar-refractivity contribution >= 4 is 17.4 Å². The third-order valence-electron chi connectivity index (χ3n) is 5.87. The molecule has 0 saturated carbocycles. The molecule has 0 aliphatic carbocycles. The molecular formula is C27H34N2O4. The molecule has 0 aromatic heterocycles. The number of benzene rings is 2. The van der Waals surface area contributed by atoms with Crippen molar-refractivity contribution in [1.29, 1.82) is 0 Å². The maximum absolute atomic E-state index is 13.0. The summed E-state index contributed by atoms with van der Waals surface area (Å²) in [6.07, 6.45) is 3.26. The third kappa shape index (κ3) is 5.82. The molecule has 2 aromatic rings. The van der Waals surface area contributed by atoms with E-state index in [0.29, 0.717) is 25.3 Å².